The number of halogens is 1. The maximum atomic E-state index is 14.3. The lowest BCUT2D eigenvalue weighted by atomic mass is 9.88. The number of benzene rings is 2. The van der Waals surface area contributed by atoms with E-state index in [0.29, 0.717) is 23.1 Å². The Morgan fingerprint density at radius 3 is 2.23 bits per heavy atom. The number of hydrogen-bond acceptors (Lipinski definition) is 3. The van der Waals surface area contributed by atoms with E-state index in [4.69, 9.17) is 4.98 Å². The van der Waals surface area contributed by atoms with Crippen molar-refractivity contribution in [3.63, 3.8) is 0 Å². The topological polar surface area (TPSA) is 41.4 Å². The van der Waals surface area contributed by atoms with Gasteiger partial charge in [0.15, 0.2) is 0 Å². The van der Waals surface area contributed by atoms with E-state index in [1.807, 2.05) is 30.8 Å². The molecule has 1 heterocycles. The minimum absolute atomic E-state index is 0.150. The average Bonchev–Trinajstić information content (AvgIpc) is 3.23. The normalized spacial score (nSPS) is 17.6. The van der Waals surface area contributed by atoms with Crippen LogP contribution in [0.15, 0.2) is 42.5 Å². The van der Waals surface area contributed by atoms with E-state index in [0.717, 1.165) is 42.8 Å². The van der Waals surface area contributed by atoms with Gasteiger partial charge in [-0.25, -0.2) is 9.37 Å². The lowest BCUT2D eigenvalue weighted by Gasteiger charge is -2.42. The van der Waals surface area contributed by atoms with Crippen LogP contribution in [0.2, 0.25) is 0 Å². The molecule has 5 rings (SSSR count). The van der Waals surface area contributed by atoms with E-state index in [-0.39, 0.29) is 18.3 Å². The largest absolute Gasteiger partial charge is 0.378 e. The summed E-state index contributed by atoms with van der Waals surface area (Å²) >= 11 is 0. The van der Waals surface area contributed by atoms with Gasteiger partial charge >= 0.3 is 0 Å². The van der Waals surface area contributed by atoms with Crippen LogP contribution in [0.25, 0.3) is 22.4 Å². The number of imidazole rings is 1. The van der Waals surface area contributed by atoms with Crippen LogP contribution in [0.3, 0.4) is 0 Å². The molecule has 1 amide bonds. The predicted octanol–water partition coefficient (Wildman–Crippen LogP) is 6.40. The van der Waals surface area contributed by atoms with Crippen LogP contribution in [0.5, 0.6) is 0 Å². The molecule has 2 aliphatic rings. The minimum atomic E-state index is -0.309. The fourth-order valence-electron chi connectivity index (χ4n) is 6.04. The van der Waals surface area contributed by atoms with Crippen LogP contribution in [0, 0.1) is 5.82 Å². The predicted molar refractivity (Wildman–Crippen MR) is 140 cm³/mol. The first kappa shape index (κ1) is 23.8. The van der Waals surface area contributed by atoms with Gasteiger partial charge in [-0.1, -0.05) is 50.7 Å². The van der Waals surface area contributed by atoms with Gasteiger partial charge in [0.1, 0.15) is 18.2 Å². The summed E-state index contributed by atoms with van der Waals surface area (Å²) in [6.45, 7) is 0.189. The number of carbonyl (C=O) groups is 1. The van der Waals surface area contributed by atoms with Crippen LogP contribution >= 0.6 is 0 Å². The second-order valence-electron chi connectivity index (χ2n) is 10.5. The third-order valence-electron chi connectivity index (χ3n) is 7.85. The van der Waals surface area contributed by atoms with E-state index in [1.165, 1.54) is 50.7 Å². The van der Waals surface area contributed by atoms with Crippen molar-refractivity contribution >= 4 is 22.6 Å². The Balaban J connectivity index is 1.54. The number of hydrogen-bond donors (Lipinski definition) is 0. The first-order valence-corrected chi connectivity index (χ1v) is 13.3. The van der Waals surface area contributed by atoms with Gasteiger partial charge in [0.25, 0.3) is 0 Å². The van der Waals surface area contributed by atoms with E-state index >= 15 is 0 Å². The van der Waals surface area contributed by atoms with Gasteiger partial charge < -0.3 is 14.4 Å². The molecule has 0 atom stereocenters. The molecule has 5 nitrogen and oxygen atoms in total. The van der Waals surface area contributed by atoms with Crippen molar-refractivity contribution in [3.8, 4) is 11.4 Å². The Morgan fingerprint density at radius 1 is 0.943 bits per heavy atom. The SMILES string of the molecule is CN(C)c1cccc(-c2nc3ccc(F)cc3n2CC(=O)N(C2CCCCC2)C2CCCCC2)c1. The average molecular weight is 477 g/mol. The molecular formula is C29H37FN4O. The number of carbonyl (C=O) groups excluding carboxylic acids is 1. The second kappa shape index (κ2) is 10.4. The molecule has 0 spiro atoms. The first-order valence-electron chi connectivity index (χ1n) is 13.3. The van der Waals surface area contributed by atoms with Gasteiger partial charge in [-0.15, -0.1) is 0 Å². The van der Waals surface area contributed by atoms with Crippen molar-refractivity contribution in [1.82, 2.24) is 14.5 Å². The zero-order valence-corrected chi connectivity index (χ0v) is 21.0. The summed E-state index contributed by atoms with van der Waals surface area (Å²) in [4.78, 5) is 23.2. The summed E-state index contributed by atoms with van der Waals surface area (Å²) in [6.07, 6.45) is 11.7. The van der Waals surface area contributed by atoms with Gasteiger partial charge in [0.05, 0.1) is 11.0 Å². The third-order valence-corrected chi connectivity index (χ3v) is 7.85. The van der Waals surface area contributed by atoms with Crippen LogP contribution in [-0.2, 0) is 11.3 Å². The maximum Gasteiger partial charge on any atom is 0.243 e. The van der Waals surface area contributed by atoms with Crippen molar-refractivity contribution in [2.45, 2.75) is 82.8 Å². The maximum absolute atomic E-state index is 14.3. The van der Waals surface area contributed by atoms with E-state index in [9.17, 15) is 9.18 Å². The molecule has 0 aliphatic heterocycles. The third kappa shape index (κ3) is 5.07. The Bertz CT molecular complexity index is 1160. The first-order chi connectivity index (χ1) is 17.0. The zero-order chi connectivity index (χ0) is 24.4. The van der Waals surface area contributed by atoms with Gasteiger partial charge in [-0.2, -0.15) is 0 Å². The highest BCUT2D eigenvalue weighted by Crippen LogP contribution is 2.32. The lowest BCUT2D eigenvalue weighted by molar-refractivity contribution is -0.138. The highest BCUT2D eigenvalue weighted by atomic mass is 19.1. The summed E-state index contributed by atoms with van der Waals surface area (Å²) in [7, 11) is 4.01. The molecular weight excluding hydrogens is 439 g/mol. The van der Waals surface area contributed by atoms with Crippen molar-refractivity contribution in [2.75, 3.05) is 19.0 Å². The lowest BCUT2D eigenvalue weighted by Crippen LogP contribution is -2.50. The molecule has 2 saturated carbocycles. The molecule has 0 saturated heterocycles. The van der Waals surface area contributed by atoms with Crippen molar-refractivity contribution < 1.29 is 9.18 Å². The quantitative estimate of drug-likeness (QED) is 0.413. The summed E-state index contributed by atoms with van der Waals surface area (Å²) in [5, 5.41) is 0. The molecule has 0 radical (unpaired) electrons. The molecule has 2 aromatic carbocycles. The number of fused-ring (bicyclic) bond motifs is 1. The molecule has 0 bridgehead atoms. The molecule has 0 N–H and O–H groups in total. The number of rotatable bonds is 6. The van der Waals surface area contributed by atoms with E-state index in [2.05, 4.69) is 21.9 Å². The summed E-state index contributed by atoms with van der Waals surface area (Å²) in [6, 6.07) is 13.5. The van der Waals surface area contributed by atoms with Gasteiger partial charge in [-0.05, 0) is 56.0 Å². The minimum Gasteiger partial charge on any atom is -0.378 e. The molecule has 2 aliphatic carbocycles. The zero-order valence-electron chi connectivity index (χ0n) is 21.0. The van der Waals surface area contributed by atoms with Crippen LogP contribution in [0.1, 0.15) is 64.2 Å². The molecule has 1 aromatic heterocycles. The highest BCUT2D eigenvalue weighted by Gasteiger charge is 2.33. The van der Waals surface area contributed by atoms with Crippen LogP contribution in [0.4, 0.5) is 10.1 Å². The van der Waals surface area contributed by atoms with Gasteiger partial charge in [-0.3, -0.25) is 4.79 Å². The van der Waals surface area contributed by atoms with Gasteiger partial charge in [0.2, 0.25) is 5.91 Å². The summed E-state index contributed by atoms with van der Waals surface area (Å²) < 4.78 is 16.3. The second-order valence-corrected chi connectivity index (χ2v) is 10.5. The monoisotopic (exact) mass is 476 g/mol. The van der Waals surface area contributed by atoms with Crippen molar-refractivity contribution in [3.05, 3.63) is 48.3 Å². The van der Waals surface area contributed by atoms with E-state index < -0.39 is 0 Å². The van der Waals surface area contributed by atoms with Crippen molar-refractivity contribution in [1.29, 1.82) is 0 Å². The van der Waals surface area contributed by atoms with Crippen LogP contribution < -0.4 is 4.90 Å². The standard InChI is InChI=1S/C29H37FN4O/c1-32(2)25-15-9-10-21(18-25)29-31-26-17-16-22(30)19-27(26)33(29)20-28(35)34(23-11-5-3-6-12-23)24-13-7-4-8-14-24/h9-10,15-19,23-24H,3-8,11-14,20H2,1-2H3. The van der Waals surface area contributed by atoms with Crippen molar-refractivity contribution in [2.24, 2.45) is 0 Å². The summed E-state index contributed by atoms with van der Waals surface area (Å²) in [5.41, 5.74) is 3.38. The molecule has 3 aromatic rings. The Hall–Kier alpha value is -2.89. The summed E-state index contributed by atoms with van der Waals surface area (Å²) in [5.74, 6) is 0.559. The Labute approximate surface area is 207 Å². The number of amides is 1. The van der Waals surface area contributed by atoms with Gasteiger partial charge in [0, 0.05) is 37.4 Å². The van der Waals surface area contributed by atoms with E-state index in [1.54, 1.807) is 6.07 Å². The highest BCUT2D eigenvalue weighted by molar-refractivity contribution is 5.85. The smallest absolute Gasteiger partial charge is 0.243 e. The molecule has 2 fully saturated rings. The Kier molecular flexibility index (Phi) is 7.07. The number of anilines is 1. The fourth-order valence-corrected chi connectivity index (χ4v) is 6.04. The fraction of sp³-hybridized carbons (Fsp3) is 0.517. The number of nitrogens with zero attached hydrogens (tertiary/aromatic N) is 4. The molecule has 6 heteroatoms. The molecule has 35 heavy (non-hydrogen) atoms. The Morgan fingerprint density at radius 2 is 1.60 bits per heavy atom. The number of aromatic nitrogens is 2. The molecule has 186 valence electrons. The molecule has 0 unspecified atom stereocenters. The van der Waals surface area contributed by atoms with Crippen LogP contribution in [-0.4, -0.2) is 46.5 Å².